The minimum atomic E-state index is -3.99. The summed E-state index contributed by atoms with van der Waals surface area (Å²) in [4.78, 5) is 12.0. The molecule has 0 aliphatic rings. The van der Waals surface area contributed by atoms with E-state index in [9.17, 15) is 13.2 Å². The number of benzene rings is 2. The van der Waals surface area contributed by atoms with Gasteiger partial charge in [0, 0.05) is 10.0 Å². The third kappa shape index (κ3) is 4.66. The Morgan fingerprint density at radius 1 is 1.08 bits per heavy atom. The molecule has 0 spiro atoms. The first-order chi connectivity index (χ1) is 11.8. The van der Waals surface area contributed by atoms with Crippen LogP contribution in [0.25, 0.3) is 0 Å². The summed E-state index contributed by atoms with van der Waals surface area (Å²) >= 11 is 11.8. The molecule has 5 nitrogen and oxygen atoms in total. The van der Waals surface area contributed by atoms with E-state index in [1.165, 1.54) is 24.3 Å². The summed E-state index contributed by atoms with van der Waals surface area (Å²) in [5.74, 6) is -0.644. The standard InChI is InChI=1S/C17H17Cl2NO4S/c1-3-24-17(21)11-20(16-9-6-14(19)10-12(16)2)25(22,23)15-7-4-13(18)5-8-15/h4-10H,3,11H2,1-2H3. The summed E-state index contributed by atoms with van der Waals surface area (Å²) in [5.41, 5.74) is 0.974. The molecule has 0 aromatic heterocycles. The van der Waals surface area contributed by atoms with E-state index in [2.05, 4.69) is 0 Å². The van der Waals surface area contributed by atoms with Gasteiger partial charge in [0.25, 0.3) is 10.0 Å². The minimum absolute atomic E-state index is 0.0237. The molecule has 0 amide bonds. The van der Waals surface area contributed by atoms with Crippen molar-refractivity contribution in [1.29, 1.82) is 0 Å². The van der Waals surface area contributed by atoms with E-state index < -0.39 is 22.5 Å². The van der Waals surface area contributed by atoms with Crippen LogP contribution in [0.3, 0.4) is 0 Å². The van der Waals surface area contributed by atoms with Crippen molar-refractivity contribution in [3.05, 3.63) is 58.1 Å². The minimum Gasteiger partial charge on any atom is -0.465 e. The number of rotatable bonds is 6. The number of sulfonamides is 1. The number of carbonyl (C=O) groups excluding carboxylic acids is 1. The molecular weight excluding hydrogens is 385 g/mol. The first-order valence-electron chi connectivity index (χ1n) is 7.45. The van der Waals surface area contributed by atoms with Crippen LogP contribution in [0.4, 0.5) is 5.69 Å². The Balaban J connectivity index is 2.53. The maximum absolute atomic E-state index is 13.1. The first kappa shape index (κ1) is 19.6. The van der Waals surface area contributed by atoms with Gasteiger partial charge in [-0.1, -0.05) is 23.2 Å². The fourth-order valence-electron chi connectivity index (χ4n) is 2.26. The molecule has 0 saturated heterocycles. The van der Waals surface area contributed by atoms with Crippen LogP contribution >= 0.6 is 23.2 Å². The number of anilines is 1. The Morgan fingerprint density at radius 3 is 2.24 bits per heavy atom. The van der Waals surface area contributed by atoms with E-state index in [-0.39, 0.29) is 11.5 Å². The molecule has 0 aliphatic heterocycles. The van der Waals surface area contributed by atoms with Crippen molar-refractivity contribution in [1.82, 2.24) is 0 Å². The summed E-state index contributed by atoms with van der Waals surface area (Å²) in [6.45, 7) is 3.09. The third-order valence-corrected chi connectivity index (χ3v) is 5.67. The molecule has 2 aromatic rings. The van der Waals surface area contributed by atoms with Gasteiger partial charge >= 0.3 is 5.97 Å². The molecule has 0 saturated carbocycles. The summed E-state index contributed by atoms with van der Waals surface area (Å²) < 4.78 is 32.1. The van der Waals surface area contributed by atoms with Crippen molar-refractivity contribution in [2.24, 2.45) is 0 Å². The largest absolute Gasteiger partial charge is 0.465 e. The van der Waals surface area contributed by atoms with E-state index >= 15 is 0 Å². The number of carbonyl (C=O) groups is 1. The summed E-state index contributed by atoms with van der Waals surface area (Å²) in [6.07, 6.45) is 0. The quantitative estimate of drug-likeness (QED) is 0.684. The SMILES string of the molecule is CCOC(=O)CN(c1ccc(Cl)cc1C)S(=O)(=O)c1ccc(Cl)cc1. The second-order valence-electron chi connectivity index (χ2n) is 5.20. The Hall–Kier alpha value is -1.76. The summed E-state index contributed by atoms with van der Waals surface area (Å²) in [7, 11) is -3.99. The lowest BCUT2D eigenvalue weighted by Crippen LogP contribution is -2.37. The monoisotopic (exact) mass is 401 g/mol. The van der Waals surface area contributed by atoms with Gasteiger partial charge in [0.1, 0.15) is 6.54 Å². The van der Waals surface area contributed by atoms with Crippen LogP contribution in [-0.4, -0.2) is 27.5 Å². The molecule has 0 fully saturated rings. The molecular formula is C17H17Cl2NO4S. The molecule has 0 bridgehead atoms. The Morgan fingerprint density at radius 2 is 1.68 bits per heavy atom. The molecule has 25 heavy (non-hydrogen) atoms. The second kappa shape index (κ2) is 8.08. The van der Waals surface area contributed by atoms with Crippen molar-refractivity contribution in [3.8, 4) is 0 Å². The van der Waals surface area contributed by atoms with Crippen LogP contribution in [0.5, 0.6) is 0 Å². The van der Waals surface area contributed by atoms with Gasteiger partial charge in [-0.05, 0) is 61.9 Å². The lowest BCUT2D eigenvalue weighted by Gasteiger charge is -2.25. The van der Waals surface area contributed by atoms with E-state index in [1.807, 2.05) is 0 Å². The van der Waals surface area contributed by atoms with Gasteiger partial charge in [0.15, 0.2) is 0 Å². The third-order valence-electron chi connectivity index (χ3n) is 3.41. The van der Waals surface area contributed by atoms with Gasteiger partial charge in [0.2, 0.25) is 0 Å². The normalized spacial score (nSPS) is 11.2. The maximum Gasteiger partial charge on any atom is 0.326 e. The van der Waals surface area contributed by atoms with Crippen LogP contribution in [0, 0.1) is 6.92 Å². The number of ether oxygens (including phenoxy) is 1. The fraction of sp³-hybridized carbons (Fsp3) is 0.235. The highest BCUT2D eigenvalue weighted by molar-refractivity contribution is 7.92. The summed E-state index contributed by atoms with van der Waals surface area (Å²) in [6, 6.07) is 10.5. The molecule has 0 heterocycles. The maximum atomic E-state index is 13.1. The van der Waals surface area contributed by atoms with Gasteiger partial charge in [0.05, 0.1) is 17.2 Å². The van der Waals surface area contributed by atoms with Gasteiger partial charge < -0.3 is 4.74 Å². The zero-order valence-corrected chi connectivity index (χ0v) is 16.0. The molecule has 0 aliphatic carbocycles. The molecule has 0 atom stereocenters. The van der Waals surface area contributed by atoms with E-state index in [1.54, 1.807) is 32.0 Å². The van der Waals surface area contributed by atoms with Gasteiger partial charge in [-0.3, -0.25) is 9.10 Å². The number of nitrogens with zero attached hydrogens (tertiary/aromatic N) is 1. The van der Waals surface area contributed by atoms with Crippen molar-refractivity contribution >= 4 is 44.9 Å². The van der Waals surface area contributed by atoms with Crippen molar-refractivity contribution in [3.63, 3.8) is 0 Å². The highest BCUT2D eigenvalue weighted by Gasteiger charge is 2.28. The first-order valence-corrected chi connectivity index (χ1v) is 9.65. The van der Waals surface area contributed by atoms with Crippen LogP contribution in [0.1, 0.15) is 12.5 Å². The second-order valence-corrected chi connectivity index (χ2v) is 7.94. The average Bonchev–Trinajstić information content (AvgIpc) is 2.54. The molecule has 0 N–H and O–H groups in total. The zero-order valence-electron chi connectivity index (χ0n) is 13.7. The number of hydrogen-bond acceptors (Lipinski definition) is 4. The Kier molecular flexibility index (Phi) is 6.32. The van der Waals surface area contributed by atoms with Crippen LogP contribution in [0.15, 0.2) is 47.4 Å². The molecule has 134 valence electrons. The molecule has 2 aromatic carbocycles. The van der Waals surface area contributed by atoms with Gasteiger partial charge in [-0.15, -0.1) is 0 Å². The zero-order chi connectivity index (χ0) is 18.6. The molecule has 8 heteroatoms. The van der Waals surface area contributed by atoms with Crippen LogP contribution in [0.2, 0.25) is 10.0 Å². The molecule has 0 unspecified atom stereocenters. The number of hydrogen-bond donors (Lipinski definition) is 0. The van der Waals surface area contributed by atoms with Crippen LogP contribution < -0.4 is 4.31 Å². The van der Waals surface area contributed by atoms with E-state index in [0.29, 0.717) is 21.3 Å². The Labute approximate surface area is 157 Å². The number of halogens is 2. The highest BCUT2D eigenvalue weighted by Crippen LogP contribution is 2.29. The topological polar surface area (TPSA) is 63.7 Å². The average molecular weight is 402 g/mol. The molecule has 2 rings (SSSR count). The van der Waals surface area contributed by atoms with Crippen LogP contribution in [-0.2, 0) is 19.6 Å². The van der Waals surface area contributed by atoms with Crippen molar-refractivity contribution in [2.45, 2.75) is 18.7 Å². The van der Waals surface area contributed by atoms with Crippen molar-refractivity contribution in [2.75, 3.05) is 17.5 Å². The predicted octanol–water partition coefficient (Wildman–Crippen LogP) is 4.06. The smallest absolute Gasteiger partial charge is 0.326 e. The van der Waals surface area contributed by atoms with E-state index in [0.717, 1.165) is 4.31 Å². The number of aryl methyl sites for hydroxylation is 1. The van der Waals surface area contributed by atoms with Crippen molar-refractivity contribution < 1.29 is 17.9 Å². The van der Waals surface area contributed by atoms with Gasteiger partial charge in [-0.2, -0.15) is 0 Å². The highest BCUT2D eigenvalue weighted by atomic mass is 35.5. The lowest BCUT2D eigenvalue weighted by molar-refractivity contribution is -0.141. The lowest BCUT2D eigenvalue weighted by atomic mass is 10.2. The molecule has 0 radical (unpaired) electrons. The predicted molar refractivity (Wildman–Crippen MR) is 98.8 cm³/mol. The number of esters is 1. The fourth-order valence-corrected chi connectivity index (χ4v) is 4.08. The summed E-state index contributed by atoms with van der Waals surface area (Å²) in [5, 5.41) is 0.889. The van der Waals surface area contributed by atoms with Gasteiger partial charge in [-0.25, -0.2) is 8.42 Å². The Bertz CT molecular complexity index is 867. The van der Waals surface area contributed by atoms with E-state index in [4.69, 9.17) is 27.9 Å².